The zero-order valence-electron chi connectivity index (χ0n) is 13.5. The van der Waals surface area contributed by atoms with E-state index in [0.717, 1.165) is 25.7 Å². The summed E-state index contributed by atoms with van der Waals surface area (Å²) in [4.78, 5) is 0. The van der Waals surface area contributed by atoms with Crippen molar-refractivity contribution >= 4 is 0 Å². The lowest BCUT2D eigenvalue weighted by atomic mass is 9.46. The average molecular weight is 304 g/mol. The molecule has 0 amide bonds. The van der Waals surface area contributed by atoms with Gasteiger partial charge in [0.1, 0.15) is 0 Å². The molecule has 22 heavy (non-hydrogen) atoms. The van der Waals surface area contributed by atoms with Crippen LogP contribution in [-0.2, 0) is 9.47 Å². The first kappa shape index (κ1) is 13.2. The Morgan fingerprint density at radius 1 is 0.773 bits per heavy atom. The Hall–Kier alpha value is -0.120. The maximum atomic E-state index is 11.7. The van der Waals surface area contributed by atoms with Crippen molar-refractivity contribution in [1.82, 2.24) is 0 Å². The van der Waals surface area contributed by atoms with Gasteiger partial charge in [-0.25, -0.2) is 0 Å². The third-order valence-corrected chi connectivity index (χ3v) is 8.78. The van der Waals surface area contributed by atoms with Crippen molar-refractivity contribution in [3.8, 4) is 0 Å². The van der Waals surface area contributed by atoms with Crippen molar-refractivity contribution in [3.63, 3.8) is 0 Å². The van der Waals surface area contributed by atoms with E-state index in [1.54, 1.807) is 0 Å². The molecule has 3 aliphatic heterocycles. The summed E-state index contributed by atoms with van der Waals surface area (Å²) in [6, 6.07) is 0. The van der Waals surface area contributed by atoms with Crippen LogP contribution in [0.5, 0.6) is 0 Å². The van der Waals surface area contributed by atoms with Gasteiger partial charge in [0.15, 0.2) is 11.6 Å². The van der Waals surface area contributed by atoms with Crippen LogP contribution in [-0.4, -0.2) is 22.3 Å². The van der Waals surface area contributed by atoms with Gasteiger partial charge in [0.05, 0.1) is 11.0 Å². The molecule has 5 bridgehead atoms. The molecule has 0 aromatic heterocycles. The average Bonchev–Trinajstić information content (AvgIpc) is 2.70. The first-order chi connectivity index (χ1) is 10.6. The Kier molecular flexibility index (Phi) is 2.25. The topological polar surface area (TPSA) is 38.7 Å². The van der Waals surface area contributed by atoms with E-state index in [4.69, 9.17) is 9.47 Å². The van der Waals surface area contributed by atoms with Crippen LogP contribution in [0.2, 0.25) is 0 Å². The largest absolute Gasteiger partial charge is 0.365 e. The van der Waals surface area contributed by atoms with Gasteiger partial charge >= 0.3 is 0 Å². The number of ether oxygens (including phenoxy) is 2. The smallest absolute Gasteiger partial charge is 0.180 e. The first-order valence-corrected chi connectivity index (χ1v) is 9.77. The summed E-state index contributed by atoms with van der Waals surface area (Å²) in [6.45, 7) is 0. The van der Waals surface area contributed by atoms with Crippen LogP contribution in [0.3, 0.4) is 0 Å². The lowest BCUT2D eigenvalue weighted by Gasteiger charge is -2.75. The van der Waals surface area contributed by atoms with Crippen molar-refractivity contribution in [2.45, 2.75) is 94.2 Å². The maximum absolute atomic E-state index is 11.7. The highest BCUT2D eigenvalue weighted by Crippen LogP contribution is 2.78. The monoisotopic (exact) mass is 304 g/mol. The molecule has 4 saturated carbocycles. The number of hydrogen-bond donors (Lipinski definition) is 1. The van der Waals surface area contributed by atoms with E-state index in [1.165, 1.54) is 51.4 Å². The maximum Gasteiger partial charge on any atom is 0.180 e. The molecule has 0 radical (unpaired) electrons. The summed E-state index contributed by atoms with van der Waals surface area (Å²) < 4.78 is 13.6. The molecule has 4 aliphatic carbocycles. The normalized spacial score (nSPS) is 65.0. The predicted molar refractivity (Wildman–Crippen MR) is 80.9 cm³/mol. The van der Waals surface area contributed by atoms with Gasteiger partial charge in [0.25, 0.3) is 0 Å². The summed E-state index contributed by atoms with van der Waals surface area (Å²) in [6.07, 6.45) is 14.5. The van der Waals surface area contributed by atoms with Gasteiger partial charge in [0, 0.05) is 18.3 Å². The SMILES string of the molecule is O[C@@]12O[C@@]34CCCC[C@H]3C[C@@]13CC[C@H]2C[C@H]1CCCC[C@]13O4. The molecule has 122 valence electrons. The molecule has 7 rings (SSSR count). The van der Waals surface area contributed by atoms with E-state index >= 15 is 0 Å². The van der Waals surface area contributed by atoms with Crippen LogP contribution in [0.1, 0.15) is 77.0 Å². The van der Waals surface area contributed by atoms with Crippen LogP contribution >= 0.6 is 0 Å². The standard InChI is InChI=1S/C19H28O3/c20-19-14-7-10-16(19)12-15-6-2-4-9-18(15,22-19)21-17(16)8-3-1-5-13(17)11-14/h13-15,20H,1-12H2/t13-,14+,15+,16-,17+,18+,19+/m1/s1. The fourth-order valence-corrected chi connectivity index (χ4v) is 8.04. The van der Waals surface area contributed by atoms with Crippen LogP contribution in [0.25, 0.3) is 0 Å². The summed E-state index contributed by atoms with van der Waals surface area (Å²) in [5, 5.41) is 11.7. The minimum absolute atomic E-state index is 0.0565. The fraction of sp³-hybridized carbons (Fsp3) is 1.00. The molecule has 3 saturated heterocycles. The van der Waals surface area contributed by atoms with Gasteiger partial charge in [-0.05, 0) is 57.3 Å². The zero-order chi connectivity index (χ0) is 14.6. The van der Waals surface area contributed by atoms with Crippen molar-refractivity contribution in [2.24, 2.45) is 23.2 Å². The molecule has 3 nitrogen and oxygen atoms in total. The molecule has 7 aliphatic rings. The van der Waals surface area contributed by atoms with Gasteiger partial charge < -0.3 is 14.6 Å². The lowest BCUT2D eigenvalue weighted by molar-refractivity contribution is -0.548. The molecular weight excluding hydrogens is 276 g/mol. The summed E-state index contributed by atoms with van der Waals surface area (Å²) in [5.41, 5.74) is -0.142. The molecule has 3 spiro atoms. The van der Waals surface area contributed by atoms with Gasteiger partial charge in [-0.1, -0.05) is 19.3 Å². The Labute approximate surface area is 132 Å². The molecule has 7 fully saturated rings. The molecule has 0 unspecified atom stereocenters. The molecule has 3 heterocycles. The summed E-state index contributed by atoms with van der Waals surface area (Å²) in [7, 11) is 0. The Morgan fingerprint density at radius 2 is 1.59 bits per heavy atom. The minimum Gasteiger partial charge on any atom is -0.365 e. The summed E-state index contributed by atoms with van der Waals surface area (Å²) >= 11 is 0. The molecule has 0 aromatic carbocycles. The molecule has 1 N–H and O–H groups in total. The third-order valence-electron chi connectivity index (χ3n) is 8.78. The molecule has 3 heteroatoms. The molecule has 0 aromatic rings. The molecule has 7 atom stereocenters. The van der Waals surface area contributed by atoms with E-state index in [-0.39, 0.29) is 11.0 Å². The van der Waals surface area contributed by atoms with Gasteiger partial charge in [0.2, 0.25) is 0 Å². The Balaban J connectivity index is 1.58. The highest BCUT2D eigenvalue weighted by atomic mass is 16.8. The second kappa shape index (κ2) is 3.75. The van der Waals surface area contributed by atoms with Gasteiger partial charge in [-0.2, -0.15) is 0 Å². The zero-order valence-corrected chi connectivity index (χ0v) is 13.5. The quantitative estimate of drug-likeness (QED) is 0.741. The van der Waals surface area contributed by atoms with E-state index in [1.807, 2.05) is 0 Å². The number of hydrogen-bond acceptors (Lipinski definition) is 3. The fourth-order valence-electron chi connectivity index (χ4n) is 8.04. The summed E-state index contributed by atoms with van der Waals surface area (Å²) in [5.74, 6) is 0.275. The van der Waals surface area contributed by atoms with Crippen LogP contribution in [0.4, 0.5) is 0 Å². The second-order valence-corrected chi connectivity index (χ2v) is 9.24. The minimum atomic E-state index is -0.868. The molecular formula is C19H28O3. The predicted octanol–water partition coefficient (Wildman–Crippen LogP) is 3.74. The Bertz CT molecular complexity index is 535. The van der Waals surface area contributed by atoms with Crippen LogP contribution in [0, 0.1) is 23.2 Å². The van der Waals surface area contributed by atoms with Crippen LogP contribution in [0.15, 0.2) is 0 Å². The Morgan fingerprint density at radius 3 is 2.50 bits per heavy atom. The van der Waals surface area contributed by atoms with Crippen molar-refractivity contribution in [1.29, 1.82) is 0 Å². The lowest BCUT2D eigenvalue weighted by Crippen LogP contribution is -2.82. The van der Waals surface area contributed by atoms with E-state index in [0.29, 0.717) is 17.8 Å². The van der Waals surface area contributed by atoms with Crippen molar-refractivity contribution in [2.75, 3.05) is 0 Å². The highest BCUT2D eigenvalue weighted by molar-refractivity contribution is 5.27. The van der Waals surface area contributed by atoms with Gasteiger partial charge in [-0.3, -0.25) is 0 Å². The van der Waals surface area contributed by atoms with Crippen LogP contribution < -0.4 is 0 Å². The van der Waals surface area contributed by atoms with E-state index in [2.05, 4.69) is 0 Å². The first-order valence-electron chi connectivity index (χ1n) is 9.77. The van der Waals surface area contributed by atoms with Gasteiger partial charge in [-0.15, -0.1) is 0 Å². The number of rotatable bonds is 0. The third kappa shape index (κ3) is 1.14. The highest BCUT2D eigenvalue weighted by Gasteiger charge is 2.84. The van der Waals surface area contributed by atoms with E-state index in [9.17, 15) is 5.11 Å². The number of aliphatic hydroxyl groups is 1. The van der Waals surface area contributed by atoms with E-state index < -0.39 is 11.6 Å². The van der Waals surface area contributed by atoms with Crippen molar-refractivity contribution in [3.05, 3.63) is 0 Å². The van der Waals surface area contributed by atoms with Crippen molar-refractivity contribution < 1.29 is 14.6 Å². The second-order valence-electron chi connectivity index (χ2n) is 9.24.